The Hall–Kier alpha value is -1.47. The monoisotopic (exact) mass is 267 g/mol. The highest BCUT2D eigenvalue weighted by atomic mass is 79.9. The zero-order chi connectivity index (χ0) is 11.4. The van der Waals surface area contributed by atoms with Crippen molar-refractivity contribution in [3.8, 4) is 18.1 Å². The minimum Gasteiger partial charge on any atom is -0.506 e. The van der Waals surface area contributed by atoms with E-state index in [1.165, 1.54) is 0 Å². The first kappa shape index (κ1) is 11.6. The van der Waals surface area contributed by atoms with Gasteiger partial charge in [-0.3, -0.25) is 4.79 Å². The van der Waals surface area contributed by atoms with E-state index in [0.717, 1.165) is 5.56 Å². The van der Waals surface area contributed by atoms with Crippen LogP contribution in [0, 0.1) is 19.3 Å². The summed E-state index contributed by atoms with van der Waals surface area (Å²) in [5, 5.41) is 12.1. The quantitative estimate of drug-likeness (QED) is 0.804. The van der Waals surface area contributed by atoms with Gasteiger partial charge in [-0.05, 0) is 40.5 Å². The smallest absolute Gasteiger partial charge is 0.255 e. The topological polar surface area (TPSA) is 49.3 Å². The Morgan fingerprint density at radius 1 is 1.67 bits per heavy atom. The Bertz CT molecular complexity index is 435. The average Bonchev–Trinajstić information content (AvgIpc) is 2.19. The summed E-state index contributed by atoms with van der Waals surface area (Å²) in [6, 6.07) is 3.33. The van der Waals surface area contributed by atoms with E-state index in [2.05, 4.69) is 27.2 Å². The number of benzene rings is 1. The fourth-order valence-electron chi connectivity index (χ4n) is 1.13. The number of hydrogen-bond donors (Lipinski definition) is 2. The number of halogens is 1. The second-order valence-electron chi connectivity index (χ2n) is 3.03. The van der Waals surface area contributed by atoms with E-state index in [-0.39, 0.29) is 23.8 Å². The van der Waals surface area contributed by atoms with Crippen molar-refractivity contribution in [1.29, 1.82) is 0 Å². The maximum atomic E-state index is 11.5. The number of aromatic hydroxyl groups is 1. The molecule has 78 valence electrons. The van der Waals surface area contributed by atoms with Gasteiger partial charge in [0.05, 0.1) is 16.6 Å². The van der Waals surface area contributed by atoms with Gasteiger partial charge in [0, 0.05) is 0 Å². The van der Waals surface area contributed by atoms with Crippen molar-refractivity contribution in [3.05, 3.63) is 27.7 Å². The van der Waals surface area contributed by atoms with Gasteiger partial charge in [0.2, 0.25) is 0 Å². The highest BCUT2D eigenvalue weighted by molar-refractivity contribution is 9.10. The molecule has 1 rings (SSSR count). The van der Waals surface area contributed by atoms with Crippen molar-refractivity contribution in [1.82, 2.24) is 5.32 Å². The van der Waals surface area contributed by atoms with E-state index in [1.807, 2.05) is 6.92 Å². The Balaban J connectivity index is 3.04. The Morgan fingerprint density at radius 3 is 2.93 bits per heavy atom. The Morgan fingerprint density at radius 2 is 2.33 bits per heavy atom. The van der Waals surface area contributed by atoms with Crippen molar-refractivity contribution in [2.45, 2.75) is 6.92 Å². The summed E-state index contributed by atoms with van der Waals surface area (Å²) in [5.41, 5.74) is 1.10. The molecule has 1 aromatic rings. The minimum atomic E-state index is -0.380. The molecule has 0 radical (unpaired) electrons. The van der Waals surface area contributed by atoms with Crippen LogP contribution < -0.4 is 5.32 Å². The van der Waals surface area contributed by atoms with Crippen LogP contribution in [0.25, 0.3) is 0 Å². The molecule has 0 aliphatic heterocycles. The van der Waals surface area contributed by atoms with Crippen molar-refractivity contribution in [2.75, 3.05) is 6.54 Å². The van der Waals surface area contributed by atoms with Crippen LogP contribution >= 0.6 is 15.9 Å². The van der Waals surface area contributed by atoms with Crippen LogP contribution in [-0.4, -0.2) is 17.6 Å². The van der Waals surface area contributed by atoms with Gasteiger partial charge in [0.15, 0.2) is 0 Å². The van der Waals surface area contributed by atoms with Crippen molar-refractivity contribution < 1.29 is 9.90 Å². The molecule has 0 atom stereocenters. The highest BCUT2D eigenvalue weighted by Crippen LogP contribution is 2.29. The Kier molecular flexibility index (Phi) is 3.75. The average molecular weight is 268 g/mol. The first-order valence-corrected chi connectivity index (χ1v) is 5.06. The van der Waals surface area contributed by atoms with Gasteiger partial charge in [0.25, 0.3) is 5.91 Å². The van der Waals surface area contributed by atoms with Gasteiger partial charge in [-0.2, -0.15) is 0 Å². The summed E-state index contributed by atoms with van der Waals surface area (Å²) in [6.45, 7) is 1.98. The summed E-state index contributed by atoms with van der Waals surface area (Å²) in [5.74, 6) is 1.84. The first-order chi connectivity index (χ1) is 7.06. The molecular weight excluding hydrogens is 258 g/mol. The maximum Gasteiger partial charge on any atom is 0.255 e. The lowest BCUT2D eigenvalue weighted by Crippen LogP contribution is -2.23. The van der Waals surface area contributed by atoms with E-state index in [0.29, 0.717) is 4.47 Å². The fourth-order valence-corrected chi connectivity index (χ4v) is 1.71. The van der Waals surface area contributed by atoms with Gasteiger partial charge in [-0.15, -0.1) is 6.42 Å². The molecule has 0 bridgehead atoms. The van der Waals surface area contributed by atoms with Gasteiger partial charge in [-0.1, -0.05) is 5.92 Å². The molecule has 0 unspecified atom stereocenters. The van der Waals surface area contributed by atoms with Crippen LogP contribution in [-0.2, 0) is 0 Å². The lowest BCUT2D eigenvalue weighted by molar-refractivity contribution is 0.0956. The van der Waals surface area contributed by atoms with E-state index >= 15 is 0 Å². The number of phenols is 1. The van der Waals surface area contributed by atoms with Gasteiger partial charge in [-0.25, -0.2) is 0 Å². The molecule has 1 aromatic carbocycles. The van der Waals surface area contributed by atoms with E-state index in [1.54, 1.807) is 12.1 Å². The number of rotatable bonds is 2. The SMILES string of the molecule is C#CCNC(=O)c1cc(C)cc(Br)c1O. The Labute approximate surface area is 96.6 Å². The van der Waals surface area contributed by atoms with Crippen molar-refractivity contribution in [3.63, 3.8) is 0 Å². The predicted molar refractivity (Wildman–Crippen MR) is 61.7 cm³/mol. The first-order valence-electron chi connectivity index (χ1n) is 4.27. The molecule has 0 aromatic heterocycles. The summed E-state index contributed by atoms with van der Waals surface area (Å²) >= 11 is 3.16. The van der Waals surface area contributed by atoms with E-state index < -0.39 is 0 Å². The predicted octanol–water partition coefficient (Wildman–Crippen LogP) is 1.83. The van der Waals surface area contributed by atoms with Crippen LogP contribution in [0.15, 0.2) is 16.6 Å². The molecule has 0 aliphatic rings. The van der Waals surface area contributed by atoms with Crippen molar-refractivity contribution in [2.24, 2.45) is 0 Å². The fraction of sp³-hybridized carbons (Fsp3) is 0.182. The number of amides is 1. The van der Waals surface area contributed by atoms with Crippen LogP contribution in [0.4, 0.5) is 0 Å². The summed E-state index contributed by atoms with van der Waals surface area (Å²) in [6.07, 6.45) is 5.02. The number of carbonyl (C=O) groups excluding carboxylic acids is 1. The van der Waals surface area contributed by atoms with E-state index in [9.17, 15) is 9.90 Å². The third kappa shape index (κ3) is 2.74. The molecule has 15 heavy (non-hydrogen) atoms. The second kappa shape index (κ2) is 4.85. The molecule has 0 spiro atoms. The third-order valence-electron chi connectivity index (χ3n) is 1.80. The standard InChI is InChI=1S/C11H10BrNO2/c1-3-4-13-11(15)8-5-7(2)6-9(12)10(8)14/h1,5-6,14H,4H2,2H3,(H,13,15). The van der Waals surface area contributed by atoms with Crippen LogP contribution in [0.1, 0.15) is 15.9 Å². The number of nitrogens with one attached hydrogen (secondary N) is 1. The highest BCUT2D eigenvalue weighted by Gasteiger charge is 2.13. The van der Waals surface area contributed by atoms with Crippen LogP contribution in [0.5, 0.6) is 5.75 Å². The number of carbonyl (C=O) groups is 1. The van der Waals surface area contributed by atoms with Gasteiger partial charge >= 0.3 is 0 Å². The lowest BCUT2D eigenvalue weighted by Gasteiger charge is -2.07. The molecule has 1 amide bonds. The molecule has 0 aliphatic carbocycles. The molecular formula is C11H10BrNO2. The third-order valence-corrected chi connectivity index (χ3v) is 2.41. The lowest BCUT2D eigenvalue weighted by atomic mass is 10.1. The van der Waals surface area contributed by atoms with Crippen LogP contribution in [0.2, 0.25) is 0 Å². The minimum absolute atomic E-state index is 0.0740. The number of phenolic OH excluding ortho intramolecular Hbond substituents is 1. The molecule has 0 saturated heterocycles. The van der Waals surface area contributed by atoms with Gasteiger partial charge < -0.3 is 10.4 Å². The molecule has 0 heterocycles. The molecule has 3 nitrogen and oxygen atoms in total. The molecule has 2 N–H and O–H groups in total. The number of aryl methyl sites for hydroxylation is 1. The number of terminal acetylenes is 1. The van der Waals surface area contributed by atoms with Gasteiger partial charge in [0.1, 0.15) is 5.75 Å². The van der Waals surface area contributed by atoms with Crippen molar-refractivity contribution >= 4 is 21.8 Å². The summed E-state index contributed by atoms with van der Waals surface area (Å²) in [4.78, 5) is 11.5. The summed E-state index contributed by atoms with van der Waals surface area (Å²) < 4.78 is 0.494. The molecule has 0 fully saturated rings. The largest absolute Gasteiger partial charge is 0.506 e. The van der Waals surface area contributed by atoms with E-state index in [4.69, 9.17) is 6.42 Å². The zero-order valence-electron chi connectivity index (χ0n) is 8.17. The maximum absolute atomic E-state index is 11.5. The van der Waals surface area contributed by atoms with Crippen LogP contribution in [0.3, 0.4) is 0 Å². The normalized spacial score (nSPS) is 9.40. The second-order valence-corrected chi connectivity index (χ2v) is 3.88. The number of hydrogen-bond acceptors (Lipinski definition) is 2. The molecule has 4 heteroatoms. The molecule has 0 saturated carbocycles. The zero-order valence-corrected chi connectivity index (χ0v) is 9.76. The summed E-state index contributed by atoms with van der Waals surface area (Å²) in [7, 11) is 0.